The third kappa shape index (κ3) is 7.45. The van der Waals surface area contributed by atoms with Crippen LogP contribution in [0, 0.1) is 5.82 Å². The molecule has 0 fully saturated rings. The number of benzene rings is 2. The van der Waals surface area contributed by atoms with Gasteiger partial charge in [-0.3, -0.25) is 9.59 Å². The number of amides is 1. The van der Waals surface area contributed by atoms with Gasteiger partial charge in [0.2, 0.25) is 6.79 Å². The number of esters is 2. The van der Waals surface area contributed by atoms with Crippen LogP contribution in [0.3, 0.4) is 0 Å². The SMILES string of the molecule is CC(=O)OCOC(=O)[C@H](O)C[C@@H](Cc1ccc(-c2cc(Cl)ccc2F)cc1)NC(=O)c1nnn(O)n1. The maximum atomic E-state index is 14.2. The fourth-order valence-electron chi connectivity index (χ4n) is 3.20. The van der Waals surface area contributed by atoms with Crippen LogP contribution in [0.5, 0.6) is 0 Å². The molecule has 0 aliphatic carbocycles. The van der Waals surface area contributed by atoms with E-state index in [2.05, 4.69) is 30.2 Å². The topological polar surface area (TPSA) is 166 Å². The van der Waals surface area contributed by atoms with Crippen molar-refractivity contribution in [2.24, 2.45) is 0 Å². The summed E-state index contributed by atoms with van der Waals surface area (Å²) in [6, 6.07) is 10.0. The number of aliphatic hydroxyl groups excluding tert-OH is 1. The van der Waals surface area contributed by atoms with Gasteiger partial charge >= 0.3 is 11.9 Å². The number of hydrogen-bond acceptors (Lipinski definition) is 10. The molecule has 0 bridgehead atoms. The number of carbonyl (C=O) groups excluding carboxylic acids is 3. The van der Waals surface area contributed by atoms with E-state index < -0.39 is 48.4 Å². The summed E-state index contributed by atoms with van der Waals surface area (Å²) in [7, 11) is 0. The molecule has 0 unspecified atom stereocenters. The van der Waals surface area contributed by atoms with Crippen LogP contribution in [0.15, 0.2) is 42.5 Å². The van der Waals surface area contributed by atoms with Crippen molar-refractivity contribution in [1.82, 2.24) is 25.7 Å². The third-order valence-corrected chi connectivity index (χ3v) is 5.10. The van der Waals surface area contributed by atoms with E-state index in [1.807, 2.05) is 0 Å². The van der Waals surface area contributed by atoms with Crippen LogP contribution >= 0.6 is 11.6 Å². The van der Waals surface area contributed by atoms with E-state index in [9.17, 15) is 23.9 Å². The normalized spacial score (nSPS) is 12.4. The van der Waals surface area contributed by atoms with E-state index in [-0.39, 0.29) is 17.8 Å². The molecule has 14 heteroatoms. The number of ether oxygens (including phenoxy) is 2. The van der Waals surface area contributed by atoms with Crippen LogP contribution in [0.25, 0.3) is 11.1 Å². The molecule has 190 valence electrons. The van der Waals surface area contributed by atoms with Gasteiger partial charge in [0, 0.05) is 34.9 Å². The Bertz CT molecular complexity index is 1240. The summed E-state index contributed by atoms with van der Waals surface area (Å²) < 4.78 is 23.4. The largest absolute Gasteiger partial charge is 0.428 e. The zero-order chi connectivity index (χ0) is 26.2. The monoisotopic (exact) mass is 521 g/mol. The Morgan fingerprint density at radius 3 is 2.53 bits per heavy atom. The zero-order valence-electron chi connectivity index (χ0n) is 18.8. The highest BCUT2D eigenvalue weighted by Gasteiger charge is 2.26. The molecule has 1 aromatic heterocycles. The number of halogens is 2. The van der Waals surface area contributed by atoms with Gasteiger partial charge in [-0.15, -0.1) is 0 Å². The smallest absolute Gasteiger partial charge is 0.337 e. The van der Waals surface area contributed by atoms with Gasteiger partial charge in [0.15, 0.2) is 6.10 Å². The quantitative estimate of drug-likeness (QED) is 0.202. The lowest BCUT2D eigenvalue weighted by Crippen LogP contribution is -2.41. The zero-order valence-corrected chi connectivity index (χ0v) is 19.6. The highest BCUT2D eigenvalue weighted by Crippen LogP contribution is 2.26. The van der Waals surface area contributed by atoms with Crippen molar-refractivity contribution in [2.45, 2.75) is 31.9 Å². The number of aliphatic hydroxyl groups is 1. The number of tetrazole rings is 1. The van der Waals surface area contributed by atoms with Crippen LogP contribution in [0.4, 0.5) is 4.39 Å². The number of aromatic nitrogens is 4. The molecule has 0 radical (unpaired) electrons. The molecule has 2 aromatic carbocycles. The lowest BCUT2D eigenvalue weighted by Gasteiger charge is -2.21. The van der Waals surface area contributed by atoms with Gasteiger partial charge in [0.1, 0.15) is 5.82 Å². The first-order valence-electron chi connectivity index (χ1n) is 10.4. The molecule has 2 atom stereocenters. The molecule has 12 nitrogen and oxygen atoms in total. The van der Waals surface area contributed by atoms with Crippen LogP contribution < -0.4 is 5.32 Å². The van der Waals surface area contributed by atoms with Crippen molar-refractivity contribution in [3.63, 3.8) is 0 Å². The van der Waals surface area contributed by atoms with Gasteiger partial charge in [0.25, 0.3) is 11.7 Å². The first-order chi connectivity index (χ1) is 17.1. The fourth-order valence-corrected chi connectivity index (χ4v) is 3.37. The minimum absolute atomic E-state index is 0.110. The van der Waals surface area contributed by atoms with Crippen molar-refractivity contribution in [3.05, 3.63) is 64.7 Å². The molecule has 1 amide bonds. The molecule has 0 spiro atoms. The number of rotatable bonds is 10. The molecule has 3 aromatic rings. The summed E-state index contributed by atoms with van der Waals surface area (Å²) in [5.74, 6) is -3.45. The maximum absolute atomic E-state index is 14.2. The van der Waals surface area contributed by atoms with Crippen molar-refractivity contribution >= 4 is 29.4 Å². The Labute approximate surface area is 208 Å². The Hall–Kier alpha value is -4.10. The molecule has 1 heterocycles. The second kappa shape index (κ2) is 12.0. The van der Waals surface area contributed by atoms with Crippen LogP contribution in [0.2, 0.25) is 5.02 Å². The lowest BCUT2D eigenvalue weighted by molar-refractivity contribution is -0.172. The summed E-state index contributed by atoms with van der Waals surface area (Å²) in [6.07, 6.45) is -1.83. The molecule has 3 rings (SSSR count). The number of nitrogens with one attached hydrogen (secondary N) is 1. The Morgan fingerprint density at radius 1 is 1.17 bits per heavy atom. The Morgan fingerprint density at radius 2 is 1.89 bits per heavy atom. The average molecular weight is 522 g/mol. The van der Waals surface area contributed by atoms with E-state index in [0.717, 1.165) is 6.92 Å². The standard InChI is InChI=1S/C22H21ClFN5O7/c1-12(30)35-11-36-22(33)19(31)10-16(25-21(32)20-26-28-29(34)27-20)8-13-2-4-14(5-3-13)17-9-15(23)6-7-18(17)24/h2-7,9,16,19,31,34H,8,10-11H2,1H3,(H,25,32)/t16-,19-/m1/s1. The van der Waals surface area contributed by atoms with Gasteiger partial charge < -0.3 is 25.1 Å². The van der Waals surface area contributed by atoms with Gasteiger partial charge in [-0.2, -0.15) is 0 Å². The van der Waals surface area contributed by atoms with E-state index >= 15 is 0 Å². The van der Waals surface area contributed by atoms with Gasteiger partial charge in [-0.05, 0) is 41.0 Å². The molecule has 0 aliphatic rings. The number of carbonyl (C=O) groups is 3. The van der Waals surface area contributed by atoms with Crippen molar-refractivity contribution in [2.75, 3.05) is 6.79 Å². The van der Waals surface area contributed by atoms with Gasteiger partial charge in [0.05, 0.1) is 0 Å². The summed E-state index contributed by atoms with van der Waals surface area (Å²) in [4.78, 5) is 35.4. The molecule has 0 saturated carbocycles. The molecule has 3 N–H and O–H groups in total. The average Bonchev–Trinajstić information content (AvgIpc) is 3.27. The summed E-state index contributed by atoms with van der Waals surface area (Å²) >= 11 is 5.96. The van der Waals surface area contributed by atoms with Crippen molar-refractivity contribution in [3.8, 4) is 11.1 Å². The maximum Gasteiger partial charge on any atom is 0.337 e. The third-order valence-electron chi connectivity index (χ3n) is 4.86. The van der Waals surface area contributed by atoms with E-state index in [0.29, 0.717) is 21.7 Å². The fraction of sp³-hybridized carbons (Fsp3) is 0.273. The number of hydrogen-bond donors (Lipinski definition) is 3. The second-order valence-electron chi connectivity index (χ2n) is 7.55. The van der Waals surface area contributed by atoms with Crippen LogP contribution in [-0.2, 0) is 25.5 Å². The van der Waals surface area contributed by atoms with Gasteiger partial charge in [-0.1, -0.05) is 46.1 Å². The van der Waals surface area contributed by atoms with Crippen molar-refractivity contribution in [1.29, 1.82) is 0 Å². The molecular formula is C22H21ClFN5O7. The predicted molar refractivity (Wildman–Crippen MR) is 120 cm³/mol. The predicted octanol–water partition coefficient (Wildman–Crippen LogP) is 1.53. The first-order valence-corrected chi connectivity index (χ1v) is 10.8. The minimum atomic E-state index is -1.67. The first kappa shape index (κ1) is 26.5. The highest BCUT2D eigenvalue weighted by molar-refractivity contribution is 6.30. The molecule has 0 aliphatic heterocycles. The van der Waals surface area contributed by atoms with Crippen LogP contribution in [-0.4, -0.2) is 67.5 Å². The highest BCUT2D eigenvalue weighted by atomic mass is 35.5. The molecule has 36 heavy (non-hydrogen) atoms. The van der Waals surface area contributed by atoms with E-state index in [1.165, 1.54) is 18.2 Å². The lowest BCUT2D eigenvalue weighted by atomic mass is 9.97. The van der Waals surface area contributed by atoms with Gasteiger partial charge in [-0.25, -0.2) is 9.18 Å². The van der Waals surface area contributed by atoms with E-state index in [4.69, 9.17) is 16.8 Å². The van der Waals surface area contributed by atoms with Crippen molar-refractivity contribution < 1.29 is 38.6 Å². The number of nitrogens with zero attached hydrogens (tertiary/aromatic N) is 4. The second-order valence-corrected chi connectivity index (χ2v) is 7.98. The Kier molecular flexibility index (Phi) is 8.86. The molecular weight excluding hydrogens is 501 g/mol. The summed E-state index contributed by atoms with van der Waals surface area (Å²) in [5, 5.41) is 32.3. The summed E-state index contributed by atoms with van der Waals surface area (Å²) in [5.41, 5.74) is 1.55. The van der Waals surface area contributed by atoms with E-state index in [1.54, 1.807) is 24.3 Å². The Balaban J connectivity index is 1.73. The van der Waals surface area contributed by atoms with Crippen LogP contribution in [0.1, 0.15) is 29.5 Å². The minimum Gasteiger partial charge on any atom is -0.428 e. The summed E-state index contributed by atoms with van der Waals surface area (Å²) in [6.45, 7) is 0.450. The molecule has 0 saturated heterocycles.